The largest absolute Gasteiger partial charge is 0.345 e. The minimum absolute atomic E-state index is 0.0699. The first-order valence-corrected chi connectivity index (χ1v) is 11.0. The highest BCUT2D eigenvalue weighted by molar-refractivity contribution is 5.82. The summed E-state index contributed by atoms with van der Waals surface area (Å²) in [5.74, 6) is 2.05. The number of H-pyrrole nitrogens is 1. The van der Waals surface area contributed by atoms with Crippen molar-refractivity contribution in [2.24, 2.45) is 24.3 Å². The molecule has 6 rings (SSSR count). The SMILES string of the molecule is Cn1c2c([nH]c1=O)C=CC(C1=CC3CCC1CN3C(=O)C1CC1)N2CC(C)(C)C. The van der Waals surface area contributed by atoms with Gasteiger partial charge in [0.25, 0.3) is 0 Å². The van der Waals surface area contributed by atoms with E-state index in [-0.39, 0.29) is 29.1 Å². The van der Waals surface area contributed by atoms with Crippen LogP contribution in [-0.4, -0.2) is 45.5 Å². The molecule has 2 aliphatic carbocycles. The number of nitrogens with zero attached hydrogens (tertiary/aromatic N) is 3. The molecule has 3 atom stereocenters. The third-order valence-corrected chi connectivity index (χ3v) is 6.84. The van der Waals surface area contributed by atoms with Crippen LogP contribution in [0, 0.1) is 17.3 Å². The van der Waals surface area contributed by atoms with E-state index in [1.54, 1.807) is 4.57 Å². The topological polar surface area (TPSA) is 61.3 Å². The van der Waals surface area contributed by atoms with Gasteiger partial charge in [-0.05, 0) is 48.7 Å². The molecule has 2 bridgehead atoms. The summed E-state index contributed by atoms with van der Waals surface area (Å²) >= 11 is 0. The number of aromatic amines is 1. The number of piperidine rings is 1. The molecule has 0 aromatic carbocycles. The molecule has 4 heterocycles. The number of hydrogen-bond donors (Lipinski definition) is 1. The number of amides is 1. The molecule has 0 radical (unpaired) electrons. The number of anilines is 1. The smallest absolute Gasteiger partial charge is 0.327 e. The second-order valence-corrected chi connectivity index (χ2v) is 10.5. The second-order valence-electron chi connectivity index (χ2n) is 10.5. The predicted octanol–water partition coefficient (Wildman–Crippen LogP) is 2.92. The molecule has 29 heavy (non-hydrogen) atoms. The number of nitrogens with one attached hydrogen (secondary N) is 1. The maximum atomic E-state index is 12.7. The van der Waals surface area contributed by atoms with E-state index in [0.717, 1.165) is 50.3 Å². The van der Waals surface area contributed by atoms with Gasteiger partial charge in [0.05, 0.1) is 17.8 Å². The van der Waals surface area contributed by atoms with Crippen molar-refractivity contribution in [3.05, 3.63) is 33.9 Å². The van der Waals surface area contributed by atoms with Crippen molar-refractivity contribution in [3.8, 4) is 0 Å². The van der Waals surface area contributed by atoms with E-state index in [1.807, 2.05) is 7.05 Å². The Morgan fingerprint density at radius 3 is 2.59 bits per heavy atom. The van der Waals surface area contributed by atoms with Crippen LogP contribution in [0.25, 0.3) is 6.08 Å². The average molecular weight is 397 g/mol. The molecule has 5 aliphatic rings. The van der Waals surface area contributed by atoms with Crippen LogP contribution in [0.5, 0.6) is 0 Å². The summed E-state index contributed by atoms with van der Waals surface area (Å²) in [7, 11) is 1.85. The van der Waals surface area contributed by atoms with E-state index in [2.05, 4.69) is 53.8 Å². The highest BCUT2D eigenvalue weighted by Crippen LogP contribution is 2.43. The quantitative estimate of drug-likeness (QED) is 0.799. The Bertz CT molecular complexity index is 957. The third-order valence-electron chi connectivity index (χ3n) is 6.84. The van der Waals surface area contributed by atoms with Crippen molar-refractivity contribution in [2.75, 3.05) is 18.0 Å². The van der Waals surface area contributed by atoms with Crippen LogP contribution in [0.1, 0.15) is 52.1 Å². The summed E-state index contributed by atoms with van der Waals surface area (Å²) in [6.45, 7) is 8.44. The standard InChI is InChI=1S/C23H32N4O2/c1-23(2,3)13-27-19(10-9-18-20(27)25(4)22(29)24-18)17-11-16-8-7-15(17)12-26(16)21(28)14-5-6-14/h9-11,14-16,19H,5-8,12-13H2,1-4H3,(H,24,29). The first kappa shape index (κ1) is 18.8. The number of aromatic nitrogens is 2. The van der Waals surface area contributed by atoms with E-state index in [0.29, 0.717) is 11.8 Å². The molecule has 6 heteroatoms. The van der Waals surface area contributed by atoms with Gasteiger partial charge in [0.2, 0.25) is 5.91 Å². The first-order valence-electron chi connectivity index (χ1n) is 11.0. The Morgan fingerprint density at radius 1 is 1.21 bits per heavy atom. The van der Waals surface area contributed by atoms with Gasteiger partial charge >= 0.3 is 5.69 Å². The van der Waals surface area contributed by atoms with Gasteiger partial charge < -0.3 is 14.8 Å². The minimum Gasteiger partial charge on any atom is -0.345 e. The zero-order chi connectivity index (χ0) is 20.5. The van der Waals surface area contributed by atoms with Crippen LogP contribution < -0.4 is 10.6 Å². The van der Waals surface area contributed by atoms with E-state index < -0.39 is 0 Å². The highest BCUT2D eigenvalue weighted by Gasteiger charge is 2.44. The van der Waals surface area contributed by atoms with Crippen molar-refractivity contribution in [1.82, 2.24) is 14.5 Å². The van der Waals surface area contributed by atoms with Gasteiger partial charge in [-0.25, -0.2) is 4.79 Å². The predicted molar refractivity (Wildman–Crippen MR) is 115 cm³/mol. The van der Waals surface area contributed by atoms with Crippen LogP contribution in [0.3, 0.4) is 0 Å². The molecule has 1 saturated heterocycles. The number of hydrogen-bond acceptors (Lipinski definition) is 3. The number of carbonyl (C=O) groups excluding carboxylic acids is 1. The lowest BCUT2D eigenvalue weighted by molar-refractivity contribution is -0.136. The fourth-order valence-corrected chi connectivity index (χ4v) is 5.35. The van der Waals surface area contributed by atoms with Gasteiger partial charge in [-0.3, -0.25) is 9.36 Å². The molecule has 156 valence electrons. The number of rotatable bonds is 3. The molecule has 3 aliphatic heterocycles. The number of carbonyl (C=O) groups is 1. The summed E-state index contributed by atoms with van der Waals surface area (Å²) < 4.78 is 1.74. The molecule has 1 saturated carbocycles. The fourth-order valence-electron chi connectivity index (χ4n) is 5.35. The Morgan fingerprint density at radius 2 is 1.97 bits per heavy atom. The average Bonchev–Trinajstić information content (AvgIpc) is 3.47. The minimum atomic E-state index is -0.0699. The van der Waals surface area contributed by atoms with Crippen LogP contribution in [0.15, 0.2) is 22.5 Å². The van der Waals surface area contributed by atoms with Crippen LogP contribution in [0.4, 0.5) is 5.82 Å². The Balaban J connectivity index is 1.51. The zero-order valence-corrected chi connectivity index (χ0v) is 17.9. The molecular formula is C23H32N4O2. The lowest BCUT2D eigenvalue weighted by atomic mass is 9.75. The van der Waals surface area contributed by atoms with Gasteiger partial charge in [-0.2, -0.15) is 0 Å². The third kappa shape index (κ3) is 3.17. The summed E-state index contributed by atoms with van der Waals surface area (Å²) in [5, 5.41) is 0. The first-order chi connectivity index (χ1) is 13.7. The van der Waals surface area contributed by atoms with Crippen LogP contribution in [-0.2, 0) is 11.8 Å². The van der Waals surface area contributed by atoms with E-state index >= 15 is 0 Å². The fraction of sp³-hybridized carbons (Fsp3) is 0.652. The molecular weight excluding hydrogens is 364 g/mol. The maximum Gasteiger partial charge on any atom is 0.327 e. The highest BCUT2D eigenvalue weighted by atomic mass is 16.2. The second kappa shape index (κ2) is 6.38. The molecule has 1 aromatic heterocycles. The van der Waals surface area contributed by atoms with Crippen LogP contribution >= 0.6 is 0 Å². The Hall–Kier alpha value is -2.24. The lowest BCUT2D eigenvalue weighted by Crippen LogP contribution is -2.54. The molecule has 1 amide bonds. The van der Waals surface area contributed by atoms with Gasteiger partial charge in [0.15, 0.2) is 0 Å². The Kier molecular flexibility index (Phi) is 4.13. The van der Waals surface area contributed by atoms with E-state index in [4.69, 9.17) is 0 Å². The van der Waals surface area contributed by atoms with E-state index in [9.17, 15) is 9.59 Å². The van der Waals surface area contributed by atoms with Gasteiger partial charge in [0.1, 0.15) is 5.82 Å². The monoisotopic (exact) mass is 396 g/mol. The molecule has 1 N–H and O–H groups in total. The summed E-state index contributed by atoms with van der Waals surface area (Å²) in [4.78, 5) is 32.6. The van der Waals surface area contributed by atoms with Crippen molar-refractivity contribution in [3.63, 3.8) is 0 Å². The van der Waals surface area contributed by atoms with Crippen molar-refractivity contribution in [2.45, 2.75) is 58.5 Å². The summed E-state index contributed by atoms with van der Waals surface area (Å²) in [6.07, 6.45) is 11.0. The molecule has 1 aromatic rings. The van der Waals surface area contributed by atoms with E-state index in [1.165, 1.54) is 5.57 Å². The van der Waals surface area contributed by atoms with Crippen molar-refractivity contribution >= 4 is 17.8 Å². The number of fused-ring (bicyclic) bond motifs is 3. The van der Waals surface area contributed by atoms with Gasteiger partial charge in [-0.1, -0.05) is 32.9 Å². The van der Waals surface area contributed by atoms with Gasteiger partial charge in [-0.15, -0.1) is 0 Å². The van der Waals surface area contributed by atoms with Gasteiger partial charge in [0, 0.05) is 26.1 Å². The normalized spacial score (nSPS) is 28.6. The molecule has 3 unspecified atom stereocenters. The molecule has 2 fully saturated rings. The van der Waals surface area contributed by atoms with Crippen molar-refractivity contribution in [1.29, 1.82) is 0 Å². The van der Waals surface area contributed by atoms with Crippen molar-refractivity contribution < 1.29 is 4.79 Å². The molecule has 0 spiro atoms. The Labute approximate surface area is 172 Å². The molecule has 6 nitrogen and oxygen atoms in total. The van der Waals surface area contributed by atoms with Crippen LogP contribution in [0.2, 0.25) is 0 Å². The summed E-state index contributed by atoms with van der Waals surface area (Å²) in [5.41, 5.74) is 2.35. The lowest BCUT2D eigenvalue weighted by Gasteiger charge is -2.49. The summed E-state index contributed by atoms with van der Waals surface area (Å²) in [6, 6.07) is 0.388. The number of imidazole rings is 1. The zero-order valence-electron chi connectivity index (χ0n) is 17.9. The maximum absolute atomic E-state index is 12.7.